The summed E-state index contributed by atoms with van der Waals surface area (Å²) in [4.78, 5) is 14.6. The van der Waals surface area contributed by atoms with Crippen LogP contribution in [0.4, 0.5) is 0 Å². The molecule has 0 spiro atoms. The minimum absolute atomic E-state index is 0.307. The van der Waals surface area contributed by atoms with Crippen molar-refractivity contribution in [2.45, 2.75) is 20.0 Å². The maximum atomic E-state index is 10.9. The molecule has 1 heterocycles. The smallest absolute Gasteiger partial charge is 0.335 e. The average molecular weight is 354 g/mol. The molecule has 2 rings (SSSR count). The lowest BCUT2D eigenvalue weighted by Gasteiger charge is -2.20. The van der Waals surface area contributed by atoms with Gasteiger partial charge in [-0.05, 0) is 35.7 Å². The van der Waals surface area contributed by atoms with E-state index < -0.39 is 5.97 Å². The Balaban J connectivity index is 2.09. The zero-order valence-corrected chi connectivity index (χ0v) is 13.6. The van der Waals surface area contributed by atoms with Gasteiger partial charge in [-0.15, -0.1) is 11.3 Å². The van der Waals surface area contributed by atoms with Crippen molar-refractivity contribution in [3.05, 3.63) is 56.2 Å². The van der Waals surface area contributed by atoms with Crippen LogP contribution in [-0.2, 0) is 13.1 Å². The van der Waals surface area contributed by atoms with E-state index in [4.69, 9.17) is 5.11 Å². The first kappa shape index (κ1) is 15.2. The van der Waals surface area contributed by atoms with Crippen molar-refractivity contribution in [2.24, 2.45) is 0 Å². The van der Waals surface area contributed by atoms with Crippen LogP contribution < -0.4 is 0 Å². The number of carboxylic acid groups (broad SMARTS) is 1. The molecule has 0 bridgehead atoms. The van der Waals surface area contributed by atoms with Gasteiger partial charge in [0.2, 0.25) is 0 Å². The molecular formula is C15H16BrNO2S. The maximum absolute atomic E-state index is 10.9. The second kappa shape index (κ2) is 7.02. The average Bonchev–Trinajstić information content (AvgIpc) is 2.92. The number of carboxylic acids is 1. The number of thiophene rings is 1. The van der Waals surface area contributed by atoms with Crippen LogP contribution in [0.2, 0.25) is 0 Å². The molecule has 0 aliphatic heterocycles. The molecule has 0 fully saturated rings. The van der Waals surface area contributed by atoms with E-state index in [0.29, 0.717) is 5.56 Å². The number of benzene rings is 1. The highest BCUT2D eigenvalue weighted by atomic mass is 79.9. The molecule has 0 amide bonds. The van der Waals surface area contributed by atoms with Crippen molar-refractivity contribution in [3.63, 3.8) is 0 Å². The van der Waals surface area contributed by atoms with E-state index in [9.17, 15) is 4.79 Å². The highest BCUT2D eigenvalue weighted by molar-refractivity contribution is 9.10. The molecule has 0 unspecified atom stereocenters. The summed E-state index contributed by atoms with van der Waals surface area (Å²) < 4.78 is 0.849. The van der Waals surface area contributed by atoms with Crippen molar-refractivity contribution < 1.29 is 9.90 Å². The Bertz CT molecular complexity index is 584. The van der Waals surface area contributed by atoms with Crippen LogP contribution in [0.25, 0.3) is 0 Å². The van der Waals surface area contributed by atoms with Gasteiger partial charge >= 0.3 is 5.97 Å². The van der Waals surface area contributed by atoms with Gasteiger partial charge in [0.1, 0.15) is 0 Å². The monoisotopic (exact) mass is 353 g/mol. The van der Waals surface area contributed by atoms with Gasteiger partial charge in [0.25, 0.3) is 0 Å². The summed E-state index contributed by atoms with van der Waals surface area (Å²) in [5.74, 6) is -0.900. The standard InChI is InChI=1S/C15H16BrNO2S/c1-2-17(10-13-4-3-7-20-13)9-12-6-5-11(15(18)19)8-14(12)16/h3-8H,2,9-10H2,1H3,(H,18,19). The van der Waals surface area contributed by atoms with Gasteiger partial charge in [-0.25, -0.2) is 4.79 Å². The Labute approximate surface area is 131 Å². The number of carbonyl (C=O) groups is 1. The summed E-state index contributed by atoms with van der Waals surface area (Å²) in [6.07, 6.45) is 0. The third-order valence-corrected chi connectivity index (χ3v) is 4.70. The normalized spacial score (nSPS) is 10.9. The summed E-state index contributed by atoms with van der Waals surface area (Å²) in [5.41, 5.74) is 1.41. The lowest BCUT2D eigenvalue weighted by molar-refractivity contribution is 0.0697. The first-order valence-electron chi connectivity index (χ1n) is 6.36. The highest BCUT2D eigenvalue weighted by Gasteiger charge is 2.10. The minimum Gasteiger partial charge on any atom is -0.478 e. The van der Waals surface area contributed by atoms with Crippen molar-refractivity contribution in [2.75, 3.05) is 6.54 Å². The van der Waals surface area contributed by atoms with Gasteiger partial charge in [0, 0.05) is 22.4 Å². The summed E-state index contributed by atoms with van der Waals surface area (Å²) in [7, 11) is 0. The molecule has 5 heteroatoms. The summed E-state index contributed by atoms with van der Waals surface area (Å²) in [5, 5.41) is 11.1. The number of rotatable bonds is 6. The van der Waals surface area contributed by atoms with Crippen LogP contribution in [0.15, 0.2) is 40.2 Å². The van der Waals surface area contributed by atoms with E-state index in [1.54, 1.807) is 23.5 Å². The molecule has 1 aromatic carbocycles. The van der Waals surface area contributed by atoms with Gasteiger partial charge < -0.3 is 5.11 Å². The molecule has 3 nitrogen and oxygen atoms in total. The van der Waals surface area contributed by atoms with Gasteiger partial charge in [0.05, 0.1) is 5.56 Å². The molecule has 0 saturated carbocycles. The van der Waals surface area contributed by atoms with Crippen LogP contribution in [0, 0.1) is 0 Å². The van der Waals surface area contributed by atoms with Gasteiger partial charge in [-0.3, -0.25) is 4.90 Å². The fraction of sp³-hybridized carbons (Fsp3) is 0.267. The molecule has 0 radical (unpaired) electrons. The Morgan fingerprint density at radius 2 is 2.15 bits per heavy atom. The van der Waals surface area contributed by atoms with Crippen LogP contribution in [0.3, 0.4) is 0 Å². The zero-order valence-electron chi connectivity index (χ0n) is 11.2. The van der Waals surface area contributed by atoms with Crippen LogP contribution in [0.1, 0.15) is 27.7 Å². The quantitative estimate of drug-likeness (QED) is 0.844. The second-order valence-electron chi connectivity index (χ2n) is 4.49. The Hall–Kier alpha value is -1.17. The van der Waals surface area contributed by atoms with Gasteiger partial charge in [-0.1, -0.05) is 35.0 Å². The zero-order chi connectivity index (χ0) is 14.5. The first-order valence-corrected chi connectivity index (χ1v) is 8.04. The Morgan fingerprint density at radius 3 is 2.70 bits per heavy atom. The SMILES string of the molecule is CCN(Cc1cccs1)Cc1ccc(C(=O)O)cc1Br. The predicted molar refractivity (Wildman–Crippen MR) is 85.2 cm³/mol. The number of hydrogen-bond acceptors (Lipinski definition) is 3. The fourth-order valence-corrected chi connectivity index (χ4v) is 3.20. The van der Waals surface area contributed by atoms with E-state index in [1.807, 2.05) is 6.07 Å². The molecular weight excluding hydrogens is 338 g/mol. The molecule has 1 aromatic heterocycles. The number of nitrogens with zero attached hydrogens (tertiary/aromatic N) is 1. The molecule has 0 aliphatic carbocycles. The highest BCUT2D eigenvalue weighted by Crippen LogP contribution is 2.22. The Kier molecular flexibility index (Phi) is 5.34. The van der Waals surface area contributed by atoms with E-state index in [0.717, 1.165) is 29.7 Å². The molecule has 0 atom stereocenters. The Morgan fingerprint density at radius 1 is 1.35 bits per heavy atom. The summed E-state index contributed by atoms with van der Waals surface area (Å²) >= 11 is 5.22. The van der Waals surface area contributed by atoms with Crippen LogP contribution >= 0.6 is 27.3 Å². The van der Waals surface area contributed by atoms with Crippen molar-refractivity contribution in [1.29, 1.82) is 0 Å². The van der Waals surface area contributed by atoms with E-state index in [2.05, 4.69) is 45.3 Å². The molecule has 0 aliphatic rings. The molecule has 0 saturated heterocycles. The third-order valence-electron chi connectivity index (χ3n) is 3.10. The number of hydrogen-bond donors (Lipinski definition) is 1. The first-order chi connectivity index (χ1) is 9.60. The molecule has 1 N–H and O–H groups in total. The van der Waals surface area contributed by atoms with E-state index in [1.165, 1.54) is 4.88 Å². The number of aromatic carboxylic acids is 1. The second-order valence-corrected chi connectivity index (χ2v) is 6.38. The predicted octanol–water partition coefficient (Wildman–Crippen LogP) is 4.23. The van der Waals surface area contributed by atoms with Gasteiger partial charge in [-0.2, -0.15) is 0 Å². The van der Waals surface area contributed by atoms with E-state index in [-0.39, 0.29) is 0 Å². The van der Waals surface area contributed by atoms with Gasteiger partial charge in [0.15, 0.2) is 0 Å². The van der Waals surface area contributed by atoms with Crippen LogP contribution in [-0.4, -0.2) is 22.5 Å². The molecule has 106 valence electrons. The van der Waals surface area contributed by atoms with Crippen LogP contribution in [0.5, 0.6) is 0 Å². The topological polar surface area (TPSA) is 40.5 Å². The third kappa shape index (κ3) is 3.91. The summed E-state index contributed by atoms with van der Waals surface area (Å²) in [6, 6.07) is 9.39. The fourth-order valence-electron chi connectivity index (χ4n) is 1.95. The summed E-state index contributed by atoms with van der Waals surface area (Å²) in [6.45, 7) is 4.80. The lowest BCUT2D eigenvalue weighted by Crippen LogP contribution is -2.22. The van der Waals surface area contributed by atoms with Crippen molar-refractivity contribution in [3.8, 4) is 0 Å². The minimum atomic E-state index is -0.900. The van der Waals surface area contributed by atoms with E-state index >= 15 is 0 Å². The largest absolute Gasteiger partial charge is 0.478 e. The maximum Gasteiger partial charge on any atom is 0.335 e. The van der Waals surface area contributed by atoms with Crippen molar-refractivity contribution >= 4 is 33.2 Å². The lowest BCUT2D eigenvalue weighted by atomic mass is 10.1. The molecule has 20 heavy (non-hydrogen) atoms. The van der Waals surface area contributed by atoms with Crippen molar-refractivity contribution in [1.82, 2.24) is 4.90 Å². The molecule has 2 aromatic rings. The number of halogens is 1.